The minimum absolute atomic E-state index is 0.0441. The molecule has 3 nitrogen and oxygen atoms in total. The van der Waals surface area contributed by atoms with Crippen LogP contribution in [-0.2, 0) is 34.6 Å². The van der Waals surface area contributed by atoms with Crippen LogP contribution in [-0.4, -0.2) is 30.0 Å². The third kappa shape index (κ3) is 4.57. The van der Waals surface area contributed by atoms with E-state index in [2.05, 4.69) is 0 Å². The van der Waals surface area contributed by atoms with E-state index in [0.29, 0.717) is 19.8 Å². The Morgan fingerprint density at radius 1 is 1.08 bits per heavy atom. The van der Waals surface area contributed by atoms with Crippen LogP contribution in [0.2, 0.25) is 0 Å². The molecule has 0 aromatic heterocycles. The van der Waals surface area contributed by atoms with Crippen LogP contribution in [0.1, 0.15) is 27.7 Å². The van der Waals surface area contributed by atoms with Crippen molar-refractivity contribution in [3.05, 3.63) is 0 Å². The van der Waals surface area contributed by atoms with E-state index in [1.807, 2.05) is 48.1 Å². The number of hydrogen-bond donors (Lipinski definition) is 0. The Morgan fingerprint density at radius 3 is 1.85 bits per heavy atom. The summed E-state index contributed by atoms with van der Waals surface area (Å²) in [5, 5.41) is 0. The Hall–Kier alpha value is 0.594. The number of ether oxygens (including phenoxy) is 3. The van der Waals surface area contributed by atoms with E-state index in [1.165, 1.54) is 0 Å². The summed E-state index contributed by atoms with van der Waals surface area (Å²) in [4.78, 5) is 0. The number of hydrogen-bond acceptors (Lipinski definition) is 3. The fourth-order valence-electron chi connectivity index (χ4n) is 1.06. The van der Waals surface area contributed by atoms with E-state index in [-0.39, 0.29) is 6.10 Å². The first-order valence-electron chi connectivity index (χ1n) is 4.75. The second-order valence-corrected chi connectivity index (χ2v) is 3.72. The average molecular weight is 223 g/mol. The molecule has 0 N–H and O–H groups in total. The predicted octanol–water partition coefficient (Wildman–Crippen LogP) is 1.68. The molecule has 0 spiro atoms. The molecule has 1 atom stereocenters. The molecule has 0 aliphatic carbocycles. The summed E-state index contributed by atoms with van der Waals surface area (Å²) < 4.78 is 15.9. The van der Waals surface area contributed by atoms with Crippen molar-refractivity contribution in [1.29, 1.82) is 0 Å². The van der Waals surface area contributed by atoms with Crippen LogP contribution in [0, 0.1) is 0 Å². The topological polar surface area (TPSA) is 27.7 Å². The van der Waals surface area contributed by atoms with E-state index in [0.717, 1.165) is 0 Å². The van der Waals surface area contributed by atoms with Crippen LogP contribution < -0.4 is 0 Å². The summed E-state index contributed by atoms with van der Waals surface area (Å²) in [5.74, 6) is 0. The molecule has 0 fully saturated rings. The van der Waals surface area contributed by atoms with Gasteiger partial charge in [0.2, 0.25) is 0 Å². The Labute approximate surface area is 92.5 Å². The maximum absolute atomic E-state index is 5.54. The van der Waals surface area contributed by atoms with Crippen molar-refractivity contribution in [2.45, 2.75) is 37.9 Å². The van der Waals surface area contributed by atoms with Gasteiger partial charge in [-0.2, -0.15) is 0 Å². The first-order valence-corrected chi connectivity index (χ1v) is 5.53. The molecular formula is C9H19O3Ti. The molecule has 13 heavy (non-hydrogen) atoms. The molecule has 0 heterocycles. The van der Waals surface area contributed by atoms with Gasteiger partial charge in [-0.3, -0.25) is 0 Å². The van der Waals surface area contributed by atoms with E-state index in [4.69, 9.17) is 14.2 Å². The summed E-state index contributed by atoms with van der Waals surface area (Å²) >= 11 is 1.92. The summed E-state index contributed by atoms with van der Waals surface area (Å²) in [6.07, 6.45) is -0.0441. The van der Waals surface area contributed by atoms with Crippen molar-refractivity contribution in [2.24, 2.45) is 0 Å². The Kier molecular flexibility index (Phi) is 7.28. The van der Waals surface area contributed by atoms with Crippen molar-refractivity contribution in [3.63, 3.8) is 0 Å². The monoisotopic (exact) mass is 223 g/mol. The fourth-order valence-corrected chi connectivity index (χ4v) is 1.65. The van der Waals surface area contributed by atoms with Gasteiger partial charge in [0.25, 0.3) is 0 Å². The number of rotatable bonds is 7. The molecule has 0 aromatic rings. The van der Waals surface area contributed by atoms with Gasteiger partial charge in [0.15, 0.2) is 0 Å². The molecule has 0 aliphatic rings. The van der Waals surface area contributed by atoms with Gasteiger partial charge in [-0.25, -0.2) is 0 Å². The fraction of sp³-hybridized carbons (Fsp3) is 1.00. The second kappa shape index (κ2) is 6.96. The minimum atomic E-state index is -0.612. The van der Waals surface area contributed by atoms with Gasteiger partial charge in [-0.1, -0.05) is 0 Å². The average Bonchev–Trinajstić information content (AvgIpc) is 2.05. The van der Waals surface area contributed by atoms with Crippen molar-refractivity contribution in [2.75, 3.05) is 19.8 Å². The van der Waals surface area contributed by atoms with Gasteiger partial charge in [0, 0.05) is 0 Å². The van der Waals surface area contributed by atoms with Crippen LogP contribution in [0.4, 0.5) is 0 Å². The zero-order chi connectivity index (χ0) is 10.3. The third-order valence-electron chi connectivity index (χ3n) is 1.67. The molecule has 1 unspecified atom stereocenters. The van der Waals surface area contributed by atoms with E-state index < -0.39 is 4.09 Å². The quantitative estimate of drug-likeness (QED) is 0.485. The SMILES string of the molecule is CCOC(C)[C]([Ti])(OCC)OCC. The van der Waals surface area contributed by atoms with Gasteiger partial charge in [-0.15, -0.1) is 0 Å². The van der Waals surface area contributed by atoms with Crippen LogP contribution in [0.15, 0.2) is 0 Å². The third-order valence-corrected chi connectivity index (χ3v) is 2.75. The summed E-state index contributed by atoms with van der Waals surface area (Å²) in [7, 11) is 0. The van der Waals surface area contributed by atoms with Crippen molar-refractivity contribution in [1.82, 2.24) is 0 Å². The molecule has 0 rings (SSSR count). The Bertz CT molecular complexity index is 124. The molecule has 0 aliphatic heterocycles. The normalized spacial score (nSPS) is 14.4. The maximum atomic E-state index is 5.54. The van der Waals surface area contributed by atoms with Crippen LogP contribution in [0.3, 0.4) is 0 Å². The van der Waals surface area contributed by atoms with E-state index in [9.17, 15) is 0 Å². The first-order chi connectivity index (χ1) is 6.10. The molecule has 0 radical (unpaired) electrons. The molecule has 77 valence electrons. The molecule has 0 saturated carbocycles. The summed E-state index contributed by atoms with van der Waals surface area (Å²) in [5.41, 5.74) is 0. The molecular weight excluding hydrogens is 204 g/mol. The zero-order valence-electron chi connectivity index (χ0n) is 8.92. The molecule has 0 amide bonds. The summed E-state index contributed by atoms with van der Waals surface area (Å²) in [6, 6.07) is 0. The molecule has 0 bridgehead atoms. The van der Waals surface area contributed by atoms with Gasteiger partial charge in [-0.05, 0) is 0 Å². The van der Waals surface area contributed by atoms with Gasteiger partial charge in [0.1, 0.15) is 0 Å². The molecule has 0 saturated heterocycles. The van der Waals surface area contributed by atoms with Crippen LogP contribution in [0.25, 0.3) is 0 Å². The zero-order valence-corrected chi connectivity index (χ0v) is 10.5. The van der Waals surface area contributed by atoms with Crippen LogP contribution >= 0.6 is 0 Å². The van der Waals surface area contributed by atoms with Crippen molar-refractivity contribution < 1.29 is 34.6 Å². The molecule has 4 heteroatoms. The standard InChI is InChI=1S/C9H19O3.Ti/c1-5-10-8(4)9(11-6-2)12-7-3;/h8H,5-7H2,1-4H3;. The van der Waals surface area contributed by atoms with Gasteiger partial charge in [0.05, 0.1) is 0 Å². The van der Waals surface area contributed by atoms with Crippen molar-refractivity contribution >= 4 is 0 Å². The van der Waals surface area contributed by atoms with E-state index >= 15 is 0 Å². The molecule has 0 aromatic carbocycles. The first kappa shape index (κ1) is 13.6. The van der Waals surface area contributed by atoms with Gasteiger partial charge < -0.3 is 0 Å². The predicted molar refractivity (Wildman–Crippen MR) is 47.1 cm³/mol. The Balaban J connectivity index is 4.18. The van der Waals surface area contributed by atoms with E-state index in [1.54, 1.807) is 0 Å². The van der Waals surface area contributed by atoms with Crippen molar-refractivity contribution in [3.8, 4) is 0 Å². The van der Waals surface area contributed by atoms with Crippen LogP contribution in [0.5, 0.6) is 0 Å². The summed E-state index contributed by atoms with van der Waals surface area (Å²) in [6.45, 7) is 9.79. The van der Waals surface area contributed by atoms with Gasteiger partial charge >= 0.3 is 92.4 Å². The Morgan fingerprint density at radius 2 is 1.54 bits per heavy atom. The second-order valence-electron chi connectivity index (χ2n) is 2.63.